The number of likely N-dealkylation sites (tertiary alicyclic amines) is 1. The second-order valence-electron chi connectivity index (χ2n) is 8.87. The van der Waals surface area contributed by atoms with Gasteiger partial charge in [-0.15, -0.1) is 0 Å². The molecule has 1 spiro atoms. The number of aromatic nitrogens is 1. The van der Waals surface area contributed by atoms with Crippen LogP contribution in [0.25, 0.3) is 0 Å². The molecule has 9 nitrogen and oxygen atoms in total. The van der Waals surface area contributed by atoms with Crippen LogP contribution >= 0.6 is 11.6 Å². The van der Waals surface area contributed by atoms with E-state index in [-0.39, 0.29) is 24.4 Å². The molecule has 3 N–H and O–H groups in total. The molecule has 3 heterocycles. The number of ether oxygens (including phenoxy) is 1. The molecule has 2 atom stereocenters. The molecular formula is C26H23ClN4O5. The minimum absolute atomic E-state index is 0.124. The number of hydrogen-bond acceptors (Lipinski definition) is 5. The number of pyridine rings is 1. The van der Waals surface area contributed by atoms with Crippen molar-refractivity contribution < 1.29 is 19.1 Å². The number of aromatic amines is 1. The number of nitrogens with one attached hydrogen (secondary N) is 3. The van der Waals surface area contributed by atoms with Crippen molar-refractivity contribution in [3.05, 3.63) is 98.9 Å². The zero-order chi connectivity index (χ0) is 25.3. The van der Waals surface area contributed by atoms with Gasteiger partial charge in [0.15, 0.2) is 5.60 Å². The molecule has 0 saturated carbocycles. The number of fused-ring (bicyclic) bond motifs is 2. The molecule has 2 aliphatic rings. The lowest BCUT2D eigenvalue weighted by Crippen LogP contribution is -2.50. The Morgan fingerprint density at radius 3 is 2.69 bits per heavy atom. The third kappa shape index (κ3) is 4.70. The van der Waals surface area contributed by atoms with Crippen LogP contribution in [0, 0.1) is 0 Å². The van der Waals surface area contributed by atoms with Crippen LogP contribution < -0.4 is 16.2 Å². The number of amides is 3. The Bertz CT molecular complexity index is 1390. The molecule has 2 aromatic carbocycles. The number of carbonyl (C=O) groups is 3. The number of anilines is 1. The standard InChI is InChI=1S/C26H23ClN4O5/c27-18-6-7-20-19(14-18)26(36-25(35)30-20)9-11-31(15-26)24(34)21(12-16-4-2-1-3-5-16)29-23(33)17-8-10-28-22(32)13-17/h1-8,10,13-14,21H,9,11-12,15H2,(H,28,32)(H,29,33)(H,30,35)/t21-,26?/m0/s1. The van der Waals surface area contributed by atoms with Gasteiger partial charge < -0.3 is 19.9 Å². The summed E-state index contributed by atoms with van der Waals surface area (Å²) in [7, 11) is 0. The largest absolute Gasteiger partial charge is 0.436 e. The highest BCUT2D eigenvalue weighted by molar-refractivity contribution is 6.30. The van der Waals surface area contributed by atoms with E-state index in [1.54, 1.807) is 23.1 Å². The maximum absolute atomic E-state index is 13.7. The van der Waals surface area contributed by atoms with Crippen LogP contribution in [0.4, 0.5) is 10.5 Å². The van der Waals surface area contributed by atoms with E-state index in [2.05, 4.69) is 15.6 Å². The maximum atomic E-state index is 13.7. The first-order valence-corrected chi connectivity index (χ1v) is 11.8. The average Bonchev–Trinajstić information content (AvgIpc) is 3.28. The number of H-pyrrole nitrogens is 1. The monoisotopic (exact) mass is 506 g/mol. The normalized spacial score (nSPS) is 19.2. The first kappa shape index (κ1) is 23.6. The lowest BCUT2D eigenvalue weighted by atomic mass is 9.90. The van der Waals surface area contributed by atoms with E-state index in [0.29, 0.717) is 29.2 Å². The number of halogens is 1. The minimum atomic E-state index is -1.04. The van der Waals surface area contributed by atoms with E-state index >= 15 is 0 Å². The average molecular weight is 507 g/mol. The molecule has 10 heteroatoms. The van der Waals surface area contributed by atoms with E-state index in [1.807, 2.05) is 30.3 Å². The van der Waals surface area contributed by atoms with Gasteiger partial charge in [-0.3, -0.25) is 19.7 Å². The Balaban J connectivity index is 1.41. The Kier molecular flexibility index (Phi) is 6.24. The van der Waals surface area contributed by atoms with Gasteiger partial charge in [0.1, 0.15) is 6.04 Å². The molecule has 0 radical (unpaired) electrons. The SMILES string of the molecule is O=C1Nc2ccc(Cl)cc2C2(CCN(C(=O)[C@H](Cc3ccccc3)NC(=O)c3cc[nH]c(=O)c3)C2)O1. The molecule has 2 aliphatic heterocycles. The Labute approximate surface area is 211 Å². The van der Waals surface area contributed by atoms with Gasteiger partial charge >= 0.3 is 6.09 Å². The van der Waals surface area contributed by atoms with Crippen molar-refractivity contribution in [3.8, 4) is 0 Å². The van der Waals surface area contributed by atoms with Gasteiger partial charge in [-0.2, -0.15) is 0 Å². The molecule has 0 aliphatic carbocycles. The van der Waals surface area contributed by atoms with E-state index in [0.717, 1.165) is 5.56 Å². The van der Waals surface area contributed by atoms with Crippen molar-refractivity contribution in [2.45, 2.75) is 24.5 Å². The summed E-state index contributed by atoms with van der Waals surface area (Å²) in [5.41, 5.74) is 0.858. The summed E-state index contributed by atoms with van der Waals surface area (Å²) in [6.45, 7) is 0.447. The van der Waals surface area contributed by atoms with Crippen LogP contribution in [0.1, 0.15) is 27.9 Å². The molecule has 184 valence electrons. The van der Waals surface area contributed by atoms with Crippen LogP contribution in [-0.4, -0.2) is 46.9 Å². The quantitative estimate of drug-likeness (QED) is 0.491. The molecule has 1 unspecified atom stereocenters. The third-order valence-electron chi connectivity index (χ3n) is 6.46. The van der Waals surface area contributed by atoms with E-state index in [1.165, 1.54) is 18.3 Å². The Hall–Kier alpha value is -4.11. The van der Waals surface area contributed by atoms with Crippen molar-refractivity contribution in [2.75, 3.05) is 18.4 Å². The Morgan fingerprint density at radius 1 is 1.11 bits per heavy atom. The fraction of sp³-hybridized carbons (Fsp3) is 0.231. The number of carbonyl (C=O) groups excluding carboxylic acids is 3. The molecule has 3 aromatic rings. The molecule has 36 heavy (non-hydrogen) atoms. The topological polar surface area (TPSA) is 121 Å². The van der Waals surface area contributed by atoms with Crippen LogP contribution in [0.5, 0.6) is 0 Å². The number of rotatable bonds is 5. The molecule has 5 rings (SSSR count). The van der Waals surface area contributed by atoms with Crippen LogP contribution in [0.2, 0.25) is 5.02 Å². The summed E-state index contributed by atoms with van der Waals surface area (Å²) in [6, 6.07) is 16.2. The highest BCUT2D eigenvalue weighted by atomic mass is 35.5. The van der Waals surface area contributed by atoms with E-state index < -0.39 is 29.2 Å². The molecule has 1 aromatic heterocycles. The first-order valence-electron chi connectivity index (χ1n) is 11.5. The summed E-state index contributed by atoms with van der Waals surface area (Å²) < 4.78 is 5.73. The van der Waals surface area contributed by atoms with Crippen molar-refractivity contribution in [2.24, 2.45) is 0 Å². The predicted octanol–water partition coefficient (Wildman–Crippen LogP) is 3.06. The lowest BCUT2D eigenvalue weighted by molar-refractivity contribution is -0.133. The summed E-state index contributed by atoms with van der Waals surface area (Å²) in [4.78, 5) is 54.7. The molecule has 0 bridgehead atoms. The van der Waals surface area contributed by atoms with E-state index in [4.69, 9.17) is 16.3 Å². The zero-order valence-electron chi connectivity index (χ0n) is 19.1. The fourth-order valence-corrected chi connectivity index (χ4v) is 4.91. The van der Waals surface area contributed by atoms with Gasteiger partial charge in [0.25, 0.3) is 5.91 Å². The highest BCUT2D eigenvalue weighted by Crippen LogP contribution is 2.43. The molecule has 3 amide bonds. The molecule has 1 fully saturated rings. The fourth-order valence-electron chi connectivity index (χ4n) is 4.74. The van der Waals surface area contributed by atoms with Gasteiger partial charge in [-0.05, 0) is 29.8 Å². The molecule has 1 saturated heterocycles. The van der Waals surface area contributed by atoms with E-state index in [9.17, 15) is 19.2 Å². The van der Waals surface area contributed by atoms with Gasteiger partial charge in [-0.1, -0.05) is 41.9 Å². The highest BCUT2D eigenvalue weighted by Gasteiger charge is 2.49. The second-order valence-corrected chi connectivity index (χ2v) is 9.30. The van der Waals surface area contributed by atoms with Crippen molar-refractivity contribution in [1.82, 2.24) is 15.2 Å². The predicted molar refractivity (Wildman–Crippen MR) is 133 cm³/mol. The number of hydrogen-bond donors (Lipinski definition) is 3. The van der Waals surface area contributed by atoms with Gasteiger partial charge in [0, 0.05) is 47.8 Å². The minimum Gasteiger partial charge on any atom is -0.436 e. The number of benzene rings is 2. The van der Waals surface area contributed by atoms with Gasteiger partial charge in [0.05, 0.1) is 12.2 Å². The van der Waals surface area contributed by atoms with Crippen LogP contribution in [0.3, 0.4) is 0 Å². The van der Waals surface area contributed by atoms with Crippen LogP contribution in [-0.2, 0) is 21.6 Å². The van der Waals surface area contributed by atoms with Crippen molar-refractivity contribution in [3.63, 3.8) is 0 Å². The summed E-state index contributed by atoms with van der Waals surface area (Å²) in [5, 5.41) is 5.96. The van der Waals surface area contributed by atoms with Crippen LogP contribution in [0.15, 0.2) is 71.7 Å². The summed E-state index contributed by atoms with van der Waals surface area (Å²) in [6.07, 6.45) is 1.42. The summed E-state index contributed by atoms with van der Waals surface area (Å²) >= 11 is 6.22. The molecular weight excluding hydrogens is 484 g/mol. The smallest absolute Gasteiger partial charge is 0.412 e. The second kappa shape index (κ2) is 9.50. The Morgan fingerprint density at radius 2 is 1.92 bits per heavy atom. The van der Waals surface area contributed by atoms with Crippen molar-refractivity contribution in [1.29, 1.82) is 0 Å². The third-order valence-corrected chi connectivity index (χ3v) is 6.70. The zero-order valence-corrected chi connectivity index (χ0v) is 19.9. The van der Waals surface area contributed by atoms with Crippen molar-refractivity contribution >= 4 is 35.2 Å². The van der Waals surface area contributed by atoms with Gasteiger partial charge in [0.2, 0.25) is 11.5 Å². The summed E-state index contributed by atoms with van der Waals surface area (Å²) in [5.74, 6) is -0.846. The first-order chi connectivity index (χ1) is 17.3. The number of nitrogens with zero attached hydrogens (tertiary/aromatic N) is 1. The van der Waals surface area contributed by atoms with Gasteiger partial charge in [-0.25, -0.2) is 4.79 Å². The maximum Gasteiger partial charge on any atom is 0.412 e. The lowest BCUT2D eigenvalue weighted by Gasteiger charge is -2.35.